The third-order valence-electron chi connectivity index (χ3n) is 6.09. The molecule has 0 atom stereocenters. The fraction of sp³-hybridized carbons (Fsp3) is 0.357. The van der Waals surface area contributed by atoms with Crippen LogP contribution in [0.15, 0.2) is 48.5 Å². The van der Waals surface area contributed by atoms with Gasteiger partial charge in [0.15, 0.2) is 0 Å². The van der Waals surface area contributed by atoms with Crippen LogP contribution in [0.5, 0.6) is 17.2 Å². The molecule has 3 N–H and O–H groups in total. The maximum Gasteiger partial charge on any atom is 0.126 e. The second kappa shape index (κ2) is 10.1. The summed E-state index contributed by atoms with van der Waals surface area (Å²) in [6, 6.07) is 14.8. The molecule has 3 aromatic rings. The van der Waals surface area contributed by atoms with Crippen molar-refractivity contribution in [3.63, 3.8) is 0 Å². The minimum atomic E-state index is -0.132. The highest BCUT2D eigenvalue weighted by Crippen LogP contribution is 2.33. The van der Waals surface area contributed by atoms with E-state index in [1.807, 2.05) is 24.3 Å². The lowest BCUT2D eigenvalue weighted by molar-refractivity contribution is 0.0930. The first-order valence-corrected chi connectivity index (χ1v) is 11.4. The Kier molecular flexibility index (Phi) is 7.12. The molecule has 0 saturated carbocycles. The van der Waals surface area contributed by atoms with Crippen molar-refractivity contribution in [1.29, 1.82) is 0 Å². The quantitative estimate of drug-likeness (QED) is 0.403. The Morgan fingerprint density at radius 3 is 1.15 bits per heavy atom. The normalized spacial score (nSPS) is 15.4. The van der Waals surface area contributed by atoms with Crippen LogP contribution >= 0.6 is 0 Å². The zero-order valence-corrected chi connectivity index (χ0v) is 19.9. The lowest BCUT2D eigenvalue weighted by Crippen LogP contribution is -2.13. The molecule has 6 nitrogen and oxygen atoms in total. The Hall–Kier alpha value is -3.06. The van der Waals surface area contributed by atoms with Gasteiger partial charge < -0.3 is 29.5 Å². The van der Waals surface area contributed by atoms with Gasteiger partial charge in [-0.1, -0.05) is 57.2 Å². The zero-order valence-electron chi connectivity index (χ0n) is 19.9. The molecule has 1 aliphatic rings. The average Bonchev–Trinajstić information content (AvgIpc) is 2.78. The molecule has 180 valence electrons. The van der Waals surface area contributed by atoms with E-state index in [2.05, 4.69) is 20.8 Å². The summed E-state index contributed by atoms with van der Waals surface area (Å²) < 4.78 is 17.6. The Morgan fingerprint density at radius 2 is 0.824 bits per heavy atom. The first-order chi connectivity index (χ1) is 16.2. The van der Waals surface area contributed by atoms with Crippen LogP contribution in [0.1, 0.15) is 59.7 Å². The number of fused-ring (bicyclic) bond motifs is 6. The molecule has 3 aromatic carbocycles. The molecular formula is C28H32O6. The Labute approximate surface area is 200 Å². The van der Waals surface area contributed by atoms with Crippen LogP contribution in [0, 0.1) is 0 Å². The number of phenolic OH excluding ortho intramolecular Hbond substituents is 3. The van der Waals surface area contributed by atoms with Gasteiger partial charge in [0.1, 0.15) is 17.2 Å². The number of benzene rings is 3. The smallest absolute Gasteiger partial charge is 0.126 e. The largest absolute Gasteiger partial charge is 0.507 e. The summed E-state index contributed by atoms with van der Waals surface area (Å²) in [5, 5.41) is 32.3. The lowest BCUT2D eigenvalue weighted by atomic mass is 9.85. The highest BCUT2D eigenvalue weighted by Gasteiger charge is 2.20. The molecular weight excluding hydrogens is 432 g/mol. The van der Waals surface area contributed by atoms with E-state index in [0.717, 1.165) is 5.56 Å². The van der Waals surface area contributed by atoms with E-state index in [9.17, 15) is 15.3 Å². The lowest BCUT2D eigenvalue weighted by Gasteiger charge is -2.23. The van der Waals surface area contributed by atoms with Gasteiger partial charge in [0, 0.05) is 33.4 Å². The van der Waals surface area contributed by atoms with Gasteiger partial charge in [-0.05, 0) is 23.1 Å². The van der Waals surface area contributed by atoms with Crippen molar-refractivity contribution >= 4 is 0 Å². The van der Waals surface area contributed by atoms with Gasteiger partial charge >= 0.3 is 0 Å². The van der Waals surface area contributed by atoms with Gasteiger partial charge in [-0.25, -0.2) is 0 Å². The SMILES string of the molecule is CC(C)(C)c1cc2c(O)c(c1)COCc1cccc(c1O)COCc1cccc(c1O)COC2. The van der Waals surface area contributed by atoms with Gasteiger partial charge in [0.25, 0.3) is 0 Å². The van der Waals surface area contributed by atoms with Crippen molar-refractivity contribution in [2.24, 2.45) is 0 Å². The minimum absolute atomic E-state index is 0.128. The molecule has 0 aromatic heterocycles. The topological polar surface area (TPSA) is 88.4 Å². The maximum absolute atomic E-state index is 10.9. The minimum Gasteiger partial charge on any atom is -0.507 e. The molecule has 1 heterocycles. The van der Waals surface area contributed by atoms with Crippen molar-refractivity contribution in [3.05, 3.63) is 87.5 Å². The number of hydrogen-bond acceptors (Lipinski definition) is 6. The summed E-state index contributed by atoms with van der Waals surface area (Å²) in [5.41, 5.74) is 4.81. The maximum atomic E-state index is 10.9. The van der Waals surface area contributed by atoms with Crippen molar-refractivity contribution in [2.45, 2.75) is 65.8 Å². The van der Waals surface area contributed by atoms with Gasteiger partial charge in [-0.3, -0.25) is 0 Å². The number of ether oxygens (including phenoxy) is 3. The van der Waals surface area contributed by atoms with E-state index >= 15 is 0 Å². The molecule has 0 spiro atoms. The standard InChI is InChI=1S/C28H32O6/c1-28(2,3)24-10-22-16-33-14-20-8-4-6-18(25(20)29)12-32-13-19-7-5-9-21(26(19)30)15-34-17-23(11-24)27(22)31/h4-11,29-31H,12-17H2,1-3H3. The number of phenols is 3. The highest BCUT2D eigenvalue weighted by atomic mass is 16.5. The van der Waals surface area contributed by atoms with Gasteiger partial charge in [0.2, 0.25) is 0 Å². The predicted octanol–water partition coefficient (Wildman–Crippen LogP) is 5.56. The number of aromatic hydroxyl groups is 3. The van der Waals surface area contributed by atoms with Gasteiger partial charge in [-0.15, -0.1) is 0 Å². The Morgan fingerprint density at radius 1 is 0.529 bits per heavy atom. The molecule has 0 radical (unpaired) electrons. The zero-order chi connectivity index (χ0) is 24.3. The molecule has 34 heavy (non-hydrogen) atoms. The van der Waals surface area contributed by atoms with Crippen molar-refractivity contribution in [1.82, 2.24) is 0 Å². The molecule has 0 fully saturated rings. The second-order valence-corrected chi connectivity index (χ2v) is 9.72. The van der Waals surface area contributed by atoms with E-state index in [0.29, 0.717) is 33.4 Å². The molecule has 6 bridgehead atoms. The third-order valence-corrected chi connectivity index (χ3v) is 6.09. The summed E-state index contributed by atoms with van der Waals surface area (Å²) in [6.45, 7) is 7.47. The summed E-state index contributed by atoms with van der Waals surface area (Å²) in [7, 11) is 0. The fourth-order valence-electron chi connectivity index (χ4n) is 3.98. The first-order valence-electron chi connectivity index (χ1n) is 11.4. The van der Waals surface area contributed by atoms with Crippen molar-refractivity contribution in [3.8, 4) is 17.2 Å². The molecule has 0 unspecified atom stereocenters. The van der Waals surface area contributed by atoms with E-state index < -0.39 is 0 Å². The molecule has 0 amide bonds. The van der Waals surface area contributed by atoms with Crippen molar-refractivity contribution in [2.75, 3.05) is 0 Å². The monoisotopic (exact) mass is 464 g/mol. The Bertz CT molecular complexity index is 1080. The summed E-state index contributed by atoms with van der Waals surface area (Å²) in [5.74, 6) is 0.394. The highest BCUT2D eigenvalue weighted by molar-refractivity contribution is 5.46. The van der Waals surface area contributed by atoms with E-state index in [1.165, 1.54) is 0 Å². The van der Waals surface area contributed by atoms with Gasteiger partial charge in [-0.2, -0.15) is 0 Å². The van der Waals surface area contributed by atoms with E-state index in [1.54, 1.807) is 24.3 Å². The van der Waals surface area contributed by atoms with Crippen LogP contribution < -0.4 is 0 Å². The first kappa shape index (κ1) is 24.1. The van der Waals surface area contributed by atoms with E-state index in [-0.39, 0.29) is 62.3 Å². The number of para-hydroxylation sites is 2. The molecule has 6 heteroatoms. The summed E-state index contributed by atoms with van der Waals surface area (Å²) >= 11 is 0. The number of hydrogen-bond donors (Lipinski definition) is 3. The molecule has 0 saturated heterocycles. The molecule has 1 aliphatic heterocycles. The number of rotatable bonds is 0. The van der Waals surface area contributed by atoms with Gasteiger partial charge in [0.05, 0.1) is 39.6 Å². The fourth-order valence-corrected chi connectivity index (χ4v) is 3.98. The van der Waals surface area contributed by atoms with E-state index in [4.69, 9.17) is 14.2 Å². The predicted molar refractivity (Wildman–Crippen MR) is 128 cm³/mol. The summed E-state index contributed by atoms with van der Waals surface area (Å²) in [6.07, 6.45) is 0. The average molecular weight is 465 g/mol. The molecule has 4 rings (SSSR count). The van der Waals surface area contributed by atoms with Crippen LogP contribution in [0.4, 0.5) is 0 Å². The van der Waals surface area contributed by atoms with Crippen LogP contribution in [0.3, 0.4) is 0 Å². The van der Waals surface area contributed by atoms with Crippen LogP contribution in [-0.2, 0) is 59.3 Å². The molecule has 0 aliphatic carbocycles. The van der Waals surface area contributed by atoms with Crippen LogP contribution in [0.25, 0.3) is 0 Å². The Balaban J connectivity index is 1.71. The van der Waals surface area contributed by atoms with Crippen LogP contribution in [0.2, 0.25) is 0 Å². The third kappa shape index (κ3) is 5.36. The van der Waals surface area contributed by atoms with Crippen LogP contribution in [-0.4, -0.2) is 15.3 Å². The van der Waals surface area contributed by atoms with Crippen molar-refractivity contribution < 1.29 is 29.5 Å². The second-order valence-electron chi connectivity index (χ2n) is 9.72. The summed E-state index contributed by atoms with van der Waals surface area (Å²) in [4.78, 5) is 0.